The molecule has 3 aliphatic rings. The smallest absolute Gasteiger partial charge is 0.410 e. The minimum Gasteiger partial charge on any atom is -0.486 e. The van der Waals surface area contributed by atoms with Gasteiger partial charge in [-0.25, -0.2) is 4.79 Å². The number of benzene rings is 1. The van der Waals surface area contributed by atoms with E-state index < -0.39 is 0 Å². The van der Waals surface area contributed by atoms with E-state index in [1.165, 1.54) is 0 Å². The first-order valence-corrected chi connectivity index (χ1v) is 8.34. The fourth-order valence-corrected chi connectivity index (χ4v) is 3.63. The lowest BCUT2D eigenvalue weighted by molar-refractivity contribution is 0.0394. The van der Waals surface area contributed by atoms with E-state index in [0.29, 0.717) is 19.8 Å². The van der Waals surface area contributed by atoms with Gasteiger partial charge in [0.2, 0.25) is 0 Å². The lowest BCUT2D eigenvalue weighted by Gasteiger charge is -2.38. The summed E-state index contributed by atoms with van der Waals surface area (Å²) in [5.74, 6) is 1.64. The molecule has 0 spiro atoms. The molecule has 3 aliphatic heterocycles. The van der Waals surface area contributed by atoms with Gasteiger partial charge in [0, 0.05) is 19.1 Å². The molecule has 0 aliphatic carbocycles. The largest absolute Gasteiger partial charge is 0.486 e. The number of piperidine rings is 1. The van der Waals surface area contributed by atoms with Gasteiger partial charge in [-0.15, -0.1) is 0 Å². The molecule has 2 atom stereocenters. The van der Waals surface area contributed by atoms with Gasteiger partial charge < -0.3 is 19.1 Å². The SMILES string of the molecule is O=C1OCCN1[C@H]1CCCN(C[C@H]2COc3ccccc3O2)C1. The van der Waals surface area contributed by atoms with E-state index >= 15 is 0 Å². The summed E-state index contributed by atoms with van der Waals surface area (Å²) in [5.41, 5.74) is 0. The number of rotatable bonds is 3. The van der Waals surface area contributed by atoms with E-state index in [-0.39, 0.29) is 18.2 Å². The van der Waals surface area contributed by atoms with Crippen molar-refractivity contribution in [3.8, 4) is 11.5 Å². The van der Waals surface area contributed by atoms with Crippen molar-refractivity contribution < 1.29 is 19.0 Å². The van der Waals surface area contributed by atoms with Crippen molar-refractivity contribution in [2.24, 2.45) is 0 Å². The van der Waals surface area contributed by atoms with Crippen molar-refractivity contribution in [1.82, 2.24) is 9.80 Å². The molecule has 2 saturated heterocycles. The maximum absolute atomic E-state index is 11.7. The summed E-state index contributed by atoms with van der Waals surface area (Å²) in [4.78, 5) is 16.0. The number of ether oxygens (including phenoxy) is 3. The van der Waals surface area contributed by atoms with Crippen LogP contribution in [-0.2, 0) is 4.74 Å². The van der Waals surface area contributed by atoms with Crippen molar-refractivity contribution in [2.45, 2.75) is 25.0 Å². The average Bonchev–Trinajstić information content (AvgIpc) is 3.01. The lowest BCUT2D eigenvalue weighted by Crippen LogP contribution is -2.51. The Bertz CT molecular complexity index is 579. The molecule has 3 heterocycles. The molecule has 1 aromatic carbocycles. The predicted octanol–water partition coefficient (Wildman–Crippen LogP) is 1.74. The molecule has 2 fully saturated rings. The van der Waals surface area contributed by atoms with Crippen LogP contribution in [0.25, 0.3) is 0 Å². The minimum absolute atomic E-state index is 0.0363. The number of cyclic esters (lactones) is 1. The molecule has 6 nitrogen and oxygen atoms in total. The van der Waals surface area contributed by atoms with E-state index in [9.17, 15) is 4.79 Å². The van der Waals surface area contributed by atoms with E-state index in [0.717, 1.165) is 44.0 Å². The fourth-order valence-electron chi connectivity index (χ4n) is 3.63. The number of hydrogen-bond acceptors (Lipinski definition) is 5. The average molecular weight is 318 g/mol. The van der Waals surface area contributed by atoms with Crippen LogP contribution >= 0.6 is 0 Å². The van der Waals surface area contributed by atoms with E-state index in [4.69, 9.17) is 14.2 Å². The van der Waals surface area contributed by atoms with Gasteiger partial charge in [-0.1, -0.05) is 12.1 Å². The van der Waals surface area contributed by atoms with Gasteiger partial charge in [0.15, 0.2) is 11.5 Å². The quantitative estimate of drug-likeness (QED) is 0.850. The van der Waals surface area contributed by atoms with Gasteiger partial charge in [-0.05, 0) is 31.5 Å². The Balaban J connectivity index is 1.35. The highest BCUT2D eigenvalue weighted by Gasteiger charge is 2.34. The van der Waals surface area contributed by atoms with Gasteiger partial charge in [-0.3, -0.25) is 4.90 Å². The zero-order chi connectivity index (χ0) is 15.6. The number of nitrogens with zero attached hydrogens (tertiary/aromatic N) is 2. The molecular weight excluding hydrogens is 296 g/mol. The first kappa shape index (κ1) is 14.6. The highest BCUT2D eigenvalue weighted by atomic mass is 16.6. The standard InChI is InChI=1S/C17H22N2O4/c20-17-19(8-9-21-17)13-4-3-7-18(10-13)11-14-12-22-15-5-1-2-6-16(15)23-14/h1-2,5-6,13-14H,3-4,7-12H2/t13-,14-/m0/s1. The van der Waals surface area contributed by atoms with Crippen molar-refractivity contribution in [1.29, 1.82) is 0 Å². The molecule has 124 valence electrons. The molecule has 0 saturated carbocycles. The Hall–Kier alpha value is -1.95. The third-order valence-corrected chi connectivity index (χ3v) is 4.74. The van der Waals surface area contributed by atoms with Gasteiger partial charge in [0.1, 0.15) is 19.3 Å². The van der Waals surface area contributed by atoms with Gasteiger partial charge in [-0.2, -0.15) is 0 Å². The van der Waals surface area contributed by atoms with Crippen LogP contribution in [0.1, 0.15) is 12.8 Å². The first-order valence-electron chi connectivity index (χ1n) is 8.34. The maximum atomic E-state index is 11.7. The summed E-state index contributed by atoms with van der Waals surface area (Å²) in [6.07, 6.45) is 2.02. The van der Waals surface area contributed by atoms with Crippen molar-refractivity contribution >= 4 is 6.09 Å². The van der Waals surface area contributed by atoms with Gasteiger partial charge in [0.25, 0.3) is 0 Å². The predicted molar refractivity (Wildman–Crippen MR) is 83.9 cm³/mol. The molecular formula is C17H22N2O4. The number of carbonyl (C=O) groups excluding carboxylic acids is 1. The van der Waals surface area contributed by atoms with Crippen molar-refractivity contribution in [3.63, 3.8) is 0 Å². The summed E-state index contributed by atoms with van der Waals surface area (Å²) < 4.78 is 16.9. The van der Waals surface area contributed by atoms with Gasteiger partial charge >= 0.3 is 6.09 Å². The summed E-state index contributed by atoms with van der Waals surface area (Å²) in [6, 6.07) is 8.05. The highest BCUT2D eigenvalue weighted by molar-refractivity contribution is 5.69. The maximum Gasteiger partial charge on any atom is 0.410 e. The molecule has 23 heavy (non-hydrogen) atoms. The molecule has 0 aromatic heterocycles. The topological polar surface area (TPSA) is 51.2 Å². The molecule has 1 aromatic rings. The van der Waals surface area contributed by atoms with Gasteiger partial charge in [0.05, 0.1) is 6.54 Å². The summed E-state index contributed by atoms with van der Waals surface area (Å²) in [7, 11) is 0. The van der Waals surface area contributed by atoms with Crippen LogP contribution in [0.5, 0.6) is 11.5 Å². The Morgan fingerprint density at radius 2 is 2.00 bits per heavy atom. The molecule has 0 unspecified atom stereocenters. The van der Waals surface area contributed by atoms with Crippen LogP contribution in [0, 0.1) is 0 Å². The van der Waals surface area contributed by atoms with E-state index in [1.807, 2.05) is 29.2 Å². The zero-order valence-corrected chi connectivity index (χ0v) is 13.1. The number of fused-ring (bicyclic) bond motifs is 1. The van der Waals surface area contributed by atoms with Crippen molar-refractivity contribution in [2.75, 3.05) is 39.4 Å². The number of carbonyl (C=O) groups is 1. The second-order valence-corrected chi connectivity index (χ2v) is 6.36. The number of para-hydroxylation sites is 2. The molecule has 0 radical (unpaired) electrons. The van der Waals surface area contributed by atoms with E-state index in [1.54, 1.807) is 0 Å². The second-order valence-electron chi connectivity index (χ2n) is 6.36. The Labute approximate surface area is 135 Å². The van der Waals surface area contributed by atoms with E-state index in [2.05, 4.69) is 4.90 Å². The van der Waals surface area contributed by atoms with Crippen LogP contribution in [0.3, 0.4) is 0 Å². The number of amides is 1. The third-order valence-electron chi connectivity index (χ3n) is 4.74. The molecule has 4 rings (SSSR count). The summed E-state index contributed by atoms with van der Waals surface area (Å²) in [5, 5.41) is 0. The normalized spacial score (nSPS) is 27.8. The minimum atomic E-state index is -0.164. The highest BCUT2D eigenvalue weighted by Crippen LogP contribution is 2.31. The molecule has 0 bridgehead atoms. The monoisotopic (exact) mass is 318 g/mol. The first-order chi connectivity index (χ1) is 11.3. The van der Waals surface area contributed by atoms with Crippen LogP contribution in [0.4, 0.5) is 4.79 Å². The van der Waals surface area contributed by atoms with Crippen molar-refractivity contribution in [3.05, 3.63) is 24.3 Å². The number of likely N-dealkylation sites (tertiary alicyclic amines) is 1. The Kier molecular flexibility index (Phi) is 3.99. The lowest BCUT2D eigenvalue weighted by atomic mass is 10.0. The van der Waals surface area contributed by atoms with Crippen LogP contribution < -0.4 is 9.47 Å². The summed E-state index contributed by atoms with van der Waals surface area (Å²) in [6.45, 7) is 4.56. The second kappa shape index (κ2) is 6.28. The third kappa shape index (κ3) is 3.08. The number of hydrogen-bond donors (Lipinski definition) is 0. The zero-order valence-electron chi connectivity index (χ0n) is 13.1. The molecule has 6 heteroatoms. The fraction of sp³-hybridized carbons (Fsp3) is 0.588. The molecule has 0 N–H and O–H groups in total. The summed E-state index contributed by atoms with van der Waals surface area (Å²) >= 11 is 0. The Morgan fingerprint density at radius 3 is 2.83 bits per heavy atom. The van der Waals surface area contributed by atoms with Crippen LogP contribution in [0.15, 0.2) is 24.3 Å². The Morgan fingerprint density at radius 1 is 1.13 bits per heavy atom. The molecule has 1 amide bonds. The van der Waals surface area contributed by atoms with Crippen LogP contribution in [-0.4, -0.2) is 67.4 Å². The van der Waals surface area contributed by atoms with Crippen LogP contribution in [0.2, 0.25) is 0 Å².